The van der Waals surface area contributed by atoms with Gasteiger partial charge in [0.25, 0.3) is 0 Å². The second-order valence-electron chi connectivity index (χ2n) is 6.24. The number of urea groups is 1. The lowest BCUT2D eigenvalue weighted by Crippen LogP contribution is -2.47. The maximum Gasteiger partial charge on any atom is 0.343 e. The second-order valence-corrected chi connectivity index (χ2v) is 6.24. The van der Waals surface area contributed by atoms with E-state index in [-0.39, 0.29) is 25.4 Å². The van der Waals surface area contributed by atoms with Crippen molar-refractivity contribution in [3.05, 3.63) is 29.8 Å². The van der Waals surface area contributed by atoms with Crippen molar-refractivity contribution in [1.82, 2.24) is 15.8 Å². The zero-order valence-electron chi connectivity index (χ0n) is 13.9. The largest absolute Gasteiger partial charge is 0.343 e. The summed E-state index contributed by atoms with van der Waals surface area (Å²) < 4.78 is 0. The third-order valence-electron chi connectivity index (χ3n) is 4.32. The molecular formula is C17H20N4O4. The minimum atomic E-state index is -0.661. The van der Waals surface area contributed by atoms with Crippen molar-refractivity contribution in [2.24, 2.45) is 5.92 Å². The van der Waals surface area contributed by atoms with Gasteiger partial charge in [-0.25, -0.2) is 9.80 Å². The van der Waals surface area contributed by atoms with Gasteiger partial charge in [-0.05, 0) is 24.1 Å². The second kappa shape index (κ2) is 6.92. The van der Waals surface area contributed by atoms with Crippen molar-refractivity contribution < 1.29 is 19.2 Å². The van der Waals surface area contributed by atoms with Gasteiger partial charge in [0.15, 0.2) is 0 Å². The Kier molecular flexibility index (Phi) is 4.69. The normalized spacial score (nSPS) is 20.2. The lowest BCUT2D eigenvalue weighted by molar-refractivity contribution is -0.129. The van der Waals surface area contributed by atoms with E-state index in [0.29, 0.717) is 0 Å². The average molecular weight is 344 g/mol. The van der Waals surface area contributed by atoms with Crippen LogP contribution in [0.4, 0.5) is 10.5 Å². The van der Waals surface area contributed by atoms with Crippen LogP contribution in [0.2, 0.25) is 0 Å². The fourth-order valence-electron chi connectivity index (χ4n) is 3.02. The first-order chi connectivity index (χ1) is 12.0. The lowest BCUT2D eigenvalue weighted by atomic mass is 10.1. The van der Waals surface area contributed by atoms with Gasteiger partial charge in [0, 0.05) is 18.7 Å². The summed E-state index contributed by atoms with van der Waals surface area (Å²) in [6.07, 6.45) is 2.11. The van der Waals surface area contributed by atoms with Crippen molar-refractivity contribution in [1.29, 1.82) is 0 Å². The Bertz CT molecular complexity index is 716. The van der Waals surface area contributed by atoms with Gasteiger partial charge in [-0.3, -0.25) is 25.1 Å². The quantitative estimate of drug-likeness (QED) is 0.763. The maximum atomic E-state index is 12.3. The number of amides is 5. The van der Waals surface area contributed by atoms with Crippen molar-refractivity contribution in [3.63, 3.8) is 0 Å². The predicted octanol–water partition coefficient (Wildman–Crippen LogP) is 0.575. The molecule has 2 aliphatic heterocycles. The Balaban J connectivity index is 1.62. The van der Waals surface area contributed by atoms with Crippen LogP contribution in [0.5, 0.6) is 0 Å². The number of benzene rings is 1. The van der Waals surface area contributed by atoms with E-state index in [1.54, 1.807) is 4.90 Å². The molecule has 2 heterocycles. The molecule has 0 bridgehead atoms. The lowest BCUT2D eigenvalue weighted by Gasteiger charge is -2.19. The van der Waals surface area contributed by atoms with Crippen LogP contribution in [-0.4, -0.2) is 41.9 Å². The summed E-state index contributed by atoms with van der Waals surface area (Å²) >= 11 is 0. The first-order valence-corrected chi connectivity index (χ1v) is 8.29. The van der Waals surface area contributed by atoms with Gasteiger partial charge >= 0.3 is 6.03 Å². The summed E-state index contributed by atoms with van der Waals surface area (Å²) in [6, 6.07) is 7.08. The van der Waals surface area contributed by atoms with E-state index in [9.17, 15) is 19.2 Å². The van der Waals surface area contributed by atoms with Gasteiger partial charge in [0.2, 0.25) is 17.7 Å². The molecule has 2 saturated heterocycles. The SMILES string of the molecule is CCCc1ccc(N2C[C@@H](C(=O)NN3CC(=O)NC3=O)CC2=O)cc1. The number of aryl methyl sites for hydroxylation is 1. The third-order valence-corrected chi connectivity index (χ3v) is 4.32. The summed E-state index contributed by atoms with van der Waals surface area (Å²) in [5, 5.41) is 3.01. The van der Waals surface area contributed by atoms with Crippen LogP contribution >= 0.6 is 0 Å². The molecule has 1 aromatic carbocycles. The first kappa shape index (κ1) is 16.9. The highest BCUT2D eigenvalue weighted by atomic mass is 16.2. The highest BCUT2D eigenvalue weighted by molar-refractivity contribution is 6.04. The van der Waals surface area contributed by atoms with Gasteiger partial charge in [0.1, 0.15) is 6.54 Å². The van der Waals surface area contributed by atoms with Crippen molar-refractivity contribution in [3.8, 4) is 0 Å². The molecule has 1 aromatic rings. The van der Waals surface area contributed by atoms with Crippen LogP contribution in [0.15, 0.2) is 24.3 Å². The van der Waals surface area contributed by atoms with Crippen LogP contribution in [0.3, 0.4) is 0 Å². The van der Waals surface area contributed by atoms with E-state index in [1.807, 2.05) is 24.3 Å². The van der Waals surface area contributed by atoms with Gasteiger partial charge in [-0.1, -0.05) is 25.5 Å². The van der Waals surface area contributed by atoms with Gasteiger partial charge in [-0.15, -0.1) is 0 Å². The Morgan fingerprint density at radius 3 is 2.56 bits per heavy atom. The highest BCUT2D eigenvalue weighted by Gasteiger charge is 2.37. The van der Waals surface area contributed by atoms with E-state index in [1.165, 1.54) is 5.56 Å². The predicted molar refractivity (Wildman–Crippen MR) is 89.3 cm³/mol. The Morgan fingerprint density at radius 1 is 1.24 bits per heavy atom. The van der Waals surface area contributed by atoms with Crippen LogP contribution in [0.1, 0.15) is 25.3 Å². The van der Waals surface area contributed by atoms with Gasteiger partial charge in [0.05, 0.1) is 5.92 Å². The van der Waals surface area contributed by atoms with Crippen molar-refractivity contribution in [2.45, 2.75) is 26.2 Å². The molecule has 3 rings (SSSR count). The monoisotopic (exact) mass is 344 g/mol. The summed E-state index contributed by atoms with van der Waals surface area (Å²) in [6.45, 7) is 2.14. The maximum absolute atomic E-state index is 12.3. The van der Waals surface area contributed by atoms with E-state index < -0.39 is 23.8 Å². The molecule has 0 aromatic heterocycles. The molecule has 0 spiro atoms. The third kappa shape index (κ3) is 3.62. The van der Waals surface area contributed by atoms with Crippen LogP contribution < -0.4 is 15.6 Å². The molecule has 2 N–H and O–H groups in total. The zero-order chi connectivity index (χ0) is 18.0. The average Bonchev–Trinajstić information content (AvgIpc) is 3.11. The van der Waals surface area contributed by atoms with Gasteiger partial charge in [-0.2, -0.15) is 0 Å². The summed E-state index contributed by atoms with van der Waals surface area (Å²) in [4.78, 5) is 48.7. The topological polar surface area (TPSA) is 98.8 Å². The van der Waals surface area contributed by atoms with Gasteiger partial charge < -0.3 is 4.90 Å². The number of carbonyl (C=O) groups excluding carboxylic acids is 4. The number of nitrogens with one attached hydrogen (secondary N) is 2. The standard InChI is InChI=1S/C17H20N4O4/c1-2-3-11-4-6-13(7-5-11)20-9-12(8-15(20)23)16(24)19-21-10-14(22)18-17(21)25/h4-7,12H,2-3,8-10H2,1H3,(H,19,24)(H,18,22,25)/t12-/m0/s1. The number of imide groups is 1. The molecule has 8 heteroatoms. The van der Waals surface area contributed by atoms with Crippen LogP contribution in [-0.2, 0) is 20.8 Å². The Hall–Kier alpha value is -2.90. The number of rotatable bonds is 5. The number of nitrogens with zero attached hydrogens (tertiary/aromatic N) is 2. The van der Waals surface area contributed by atoms with Crippen LogP contribution in [0.25, 0.3) is 0 Å². The number of hydrazine groups is 1. The summed E-state index contributed by atoms with van der Waals surface area (Å²) in [5.41, 5.74) is 4.37. The fourth-order valence-corrected chi connectivity index (χ4v) is 3.02. The molecule has 2 fully saturated rings. The minimum absolute atomic E-state index is 0.0753. The molecular weight excluding hydrogens is 324 g/mol. The Morgan fingerprint density at radius 2 is 1.96 bits per heavy atom. The number of hydrogen-bond donors (Lipinski definition) is 2. The van der Waals surface area contributed by atoms with E-state index in [4.69, 9.17) is 0 Å². The number of carbonyl (C=O) groups is 4. The molecule has 5 amide bonds. The van der Waals surface area contributed by atoms with Crippen LogP contribution in [0, 0.1) is 5.92 Å². The Labute approximate surface area is 145 Å². The minimum Gasteiger partial charge on any atom is -0.312 e. The molecule has 8 nitrogen and oxygen atoms in total. The molecule has 0 radical (unpaired) electrons. The molecule has 132 valence electrons. The molecule has 25 heavy (non-hydrogen) atoms. The van der Waals surface area contributed by atoms with Crippen molar-refractivity contribution in [2.75, 3.05) is 18.0 Å². The molecule has 2 aliphatic rings. The molecule has 1 atom stereocenters. The number of hydrogen-bond acceptors (Lipinski definition) is 4. The summed E-state index contributed by atoms with van der Waals surface area (Å²) in [5.74, 6) is -1.61. The summed E-state index contributed by atoms with van der Waals surface area (Å²) in [7, 11) is 0. The molecule has 0 unspecified atom stereocenters. The smallest absolute Gasteiger partial charge is 0.312 e. The first-order valence-electron chi connectivity index (χ1n) is 8.29. The highest BCUT2D eigenvalue weighted by Crippen LogP contribution is 2.26. The fraction of sp³-hybridized carbons (Fsp3) is 0.412. The number of anilines is 1. The zero-order valence-corrected chi connectivity index (χ0v) is 13.9. The molecule has 0 saturated carbocycles. The molecule has 0 aliphatic carbocycles. The van der Waals surface area contributed by atoms with E-state index in [0.717, 1.165) is 23.5 Å². The van der Waals surface area contributed by atoms with E-state index in [2.05, 4.69) is 17.7 Å². The van der Waals surface area contributed by atoms with Crippen molar-refractivity contribution >= 4 is 29.4 Å². The van der Waals surface area contributed by atoms with E-state index >= 15 is 0 Å².